The quantitative estimate of drug-likeness (QED) is 0.393. The van der Waals surface area contributed by atoms with Crippen LogP contribution in [-0.2, 0) is 0 Å². The first-order chi connectivity index (χ1) is 2.41. The Bertz CT molecular complexity index is 48.9. The average molecular weight is 133 g/mol. The molecule has 0 amide bonds. The molecule has 0 aliphatic carbocycles. The van der Waals surface area contributed by atoms with Crippen LogP contribution in [0.4, 0.5) is 0 Å². The third-order valence-electron chi connectivity index (χ3n) is 0.175. The van der Waals surface area contributed by atoms with Crippen LogP contribution >= 0.6 is 0 Å². The molecule has 0 heterocycles. The van der Waals surface area contributed by atoms with E-state index in [1.54, 1.807) is 11.1 Å². The van der Waals surface area contributed by atoms with Gasteiger partial charge in [-0.15, -0.1) is 0 Å². The monoisotopic (exact) mass is 134 g/mol. The van der Waals surface area contributed by atoms with Gasteiger partial charge in [-0.05, 0) is 0 Å². The molecule has 2 heteroatoms. The number of hydrogen-bond donors (Lipinski definition) is 1. The minimum absolute atomic E-state index is 1.22. The van der Waals surface area contributed by atoms with E-state index >= 15 is 0 Å². The van der Waals surface area contributed by atoms with Crippen molar-refractivity contribution in [2.24, 2.45) is 0 Å². The third kappa shape index (κ3) is 3.93. The van der Waals surface area contributed by atoms with Crippen LogP contribution < -0.4 is 0 Å². The molecule has 5 heavy (non-hydrogen) atoms. The van der Waals surface area contributed by atoms with E-state index in [1.807, 2.05) is 0 Å². The van der Waals surface area contributed by atoms with Gasteiger partial charge < -0.3 is 0 Å². The summed E-state index contributed by atoms with van der Waals surface area (Å²) in [6.45, 7) is 0. The van der Waals surface area contributed by atoms with Crippen molar-refractivity contribution in [2.45, 2.75) is 0 Å². The van der Waals surface area contributed by atoms with Gasteiger partial charge in [0, 0.05) is 0 Å². The zero-order valence-electron chi connectivity index (χ0n) is 2.64. The Labute approximate surface area is 39.4 Å². The van der Waals surface area contributed by atoms with Crippen LogP contribution in [-0.4, -0.2) is 22.2 Å². The molecule has 0 unspecified atom stereocenters. The molecule has 0 aromatic heterocycles. The fourth-order valence-electron chi connectivity index (χ4n) is 0.0393. The Morgan fingerprint density at radius 1 is 1.60 bits per heavy atom. The van der Waals surface area contributed by atoms with Crippen molar-refractivity contribution >= 4 is 22.2 Å². The SMILES string of the molecule is N=CC=C[Se]. The first-order valence-corrected chi connectivity index (χ1v) is 2.18. The van der Waals surface area contributed by atoms with Crippen LogP contribution in [0.2, 0.25) is 0 Å². The zero-order valence-corrected chi connectivity index (χ0v) is 4.35. The minimum atomic E-state index is 1.22. The zero-order chi connectivity index (χ0) is 4.12. The molecule has 1 radical (unpaired) electrons. The van der Waals surface area contributed by atoms with Gasteiger partial charge in [-0.25, -0.2) is 0 Å². The van der Waals surface area contributed by atoms with Crippen LogP contribution in [0, 0.1) is 5.41 Å². The predicted octanol–water partition coefficient (Wildman–Crippen LogP) is 0.318. The Kier molecular flexibility index (Phi) is 3.87. The van der Waals surface area contributed by atoms with Crippen LogP contribution in [0.25, 0.3) is 0 Å². The molecule has 0 aromatic rings. The molecule has 0 saturated carbocycles. The molecule has 1 N–H and O–H groups in total. The van der Waals surface area contributed by atoms with Gasteiger partial charge in [-0.1, -0.05) is 0 Å². The van der Waals surface area contributed by atoms with Crippen molar-refractivity contribution in [3.8, 4) is 0 Å². The normalized spacial score (nSPS) is 8.80. The van der Waals surface area contributed by atoms with Gasteiger partial charge in [-0.2, -0.15) is 0 Å². The Morgan fingerprint density at radius 2 is 2.20 bits per heavy atom. The van der Waals surface area contributed by atoms with Crippen molar-refractivity contribution in [2.75, 3.05) is 0 Å². The maximum atomic E-state index is 6.37. The standard InChI is InChI=1S/C3H4NSe/c4-2-1-3-5/h1-4H. The summed E-state index contributed by atoms with van der Waals surface area (Å²) in [5.41, 5.74) is 0. The van der Waals surface area contributed by atoms with Gasteiger partial charge in [0.1, 0.15) is 0 Å². The van der Waals surface area contributed by atoms with E-state index in [4.69, 9.17) is 5.41 Å². The molecule has 0 rings (SSSR count). The number of rotatable bonds is 1. The van der Waals surface area contributed by atoms with E-state index in [1.165, 1.54) is 6.21 Å². The molecular formula is C3H4NSe. The van der Waals surface area contributed by atoms with Crippen molar-refractivity contribution in [3.63, 3.8) is 0 Å². The van der Waals surface area contributed by atoms with Gasteiger partial charge in [0.25, 0.3) is 0 Å². The van der Waals surface area contributed by atoms with E-state index in [9.17, 15) is 0 Å². The summed E-state index contributed by atoms with van der Waals surface area (Å²) >= 11 is 2.61. The summed E-state index contributed by atoms with van der Waals surface area (Å²) in [6, 6.07) is 0. The van der Waals surface area contributed by atoms with Crippen molar-refractivity contribution < 1.29 is 0 Å². The van der Waals surface area contributed by atoms with Crippen molar-refractivity contribution in [1.29, 1.82) is 5.41 Å². The van der Waals surface area contributed by atoms with E-state index in [-0.39, 0.29) is 0 Å². The summed E-state index contributed by atoms with van der Waals surface area (Å²) in [7, 11) is 0. The first-order valence-electron chi connectivity index (χ1n) is 1.19. The summed E-state index contributed by atoms with van der Waals surface area (Å²) in [4.78, 5) is 1.69. The molecule has 0 aliphatic rings. The van der Waals surface area contributed by atoms with Crippen LogP contribution in [0.1, 0.15) is 0 Å². The predicted molar refractivity (Wildman–Crippen MR) is 23.7 cm³/mol. The van der Waals surface area contributed by atoms with Gasteiger partial charge in [-0.3, -0.25) is 0 Å². The molecule has 0 fully saturated rings. The summed E-state index contributed by atoms with van der Waals surface area (Å²) in [6.07, 6.45) is 2.83. The Balaban J connectivity index is 2.92. The number of hydrogen-bond acceptors (Lipinski definition) is 1. The van der Waals surface area contributed by atoms with Crippen LogP contribution in [0.3, 0.4) is 0 Å². The molecule has 1 nitrogen and oxygen atoms in total. The van der Waals surface area contributed by atoms with Crippen molar-refractivity contribution in [3.05, 3.63) is 11.1 Å². The summed E-state index contributed by atoms with van der Waals surface area (Å²) < 4.78 is 0. The topological polar surface area (TPSA) is 23.9 Å². The molecule has 0 atom stereocenters. The Morgan fingerprint density at radius 3 is 2.20 bits per heavy atom. The number of allylic oxidation sites excluding steroid dienone is 1. The van der Waals surface area contributed by atoms with E-state index in [0.717, 1.165) is 0 Å². The molecule has 0 spiro atoms. The molecule has 0 aromatic carbocycles. The average Bonchev–Trinajstić information content (AvgIpc) is 1.41. The number of nitrogens with one attached hydrogen (secondary N) is 1. The first kappa shape index (κ1) is 4.93. The second-order valence-electron chi connectivity index (χ2n) is 0.495. The van der Waals surface area contributed by atoms with E-state index in [0.29, 0.717) is 0 Å². The van der Waals surface area contributed by atoms with Gasteiger partial charge in [0.05, 0.1) is 0 Å². The second kappa shape index (κ2) is 3.93. The van der Waals surface area contributed by atoms with Gasteiger partial charge >= 0.3 is 38.7 Å². The van der Waals surface area contributed by atoms with Gasteiger partial charge in [0.15, 0.2) is 0 Å². The molecular weight excluding hydrogens is 129 g/mol. The molecule has 0 aliphatic heterocycles. The fourth-order valence-corrected chi connectivity index (χ4v) is 0.204. The summed E-state index contributed by atoms with van der Waals surface area (Å²) in [5, 5.41) is 6.37. The Hall–Kier alpha value is -0.0705. The molecule has 27 valence electrons. The van der Waals surface area contributed by atoms with Gasteiger partial charge in [0.2, 0.25) is 0 Å². The van der Waals surface area contributed by atoms with Crippen molar-refractivity contribution in [1.82, 2.24) is 0 Å². The van der Waals surface area contributed by atoms with E-state index in [2.05, 4.69) is 16.0 Å². The van der Waals surface area contributed by atoms with Crippen LogP contribution in [0.5, 0.6) is 0 Å². The summed E-state index contributed by atoms with van der Waals surface area (Å²) in [5.74, 6) is 0. The fraction of sp³-hybridized carbons (Fsp3) is 0. The second-order valence-corrected chi connectivity index (χ2v) is 1.07. The van der Waals surface area contributed by atoms with Crippen LogP contribution in [0.15, 0.2) is 11.1 Å². The third-order valence-corrected chi connectivity index (χ3v) is 0.504. The maximum absolute atomic E-state index is 6.37. The van der Waals surface area contributed by atoms with E-state index < -0.39 is 0 Å². The molecule has 0 saturated heterocycles. The molecule has 0 bridgehead atoms.